The van der Waals surface area contributed by atoms with Gasteiger partial charge in [0.05, 0.1) is 12.6 Å². The molecule has 0 unspecified atom stereocenters. The Balaban J connectivity index is 1.68. The normalized spacial score (nSPS) is 18.6. The second-order valence-corrected chi connectivity index (χ2v) is 8.04. The summed E-state index contributed by atoms with van der Waals surface area (Å²) < 4.78 is 6.18. The van der Waals surface area contributed by atoms with Crippen LogP contribution in [0.1, 0.15) is 63.0 Å². The molecular formula is C25H33NO2. The molecule has 1 amide bonds. The molecule has 28 heavy (non-hydrogen) atoms. The van der Waals surface area contributed by atoms with E-state index in [1.165, 1.54) is 55.2 Å². The van der Waals surface area contributed by atoms with Crippen LogP contribution in [0.2, 0.25) is 0 Å². The number of carbonyl (C=O) groups excluding carboxylic acids is 1. The Bertz CT molecular complexity index is 754. The lowest BCUT2D eigenvalue weighted by molar-refractivity contribution is -0.109. The van der Waals surface area contributed by atoms with Crippen molar-refractivity contribution in [2.24, 2.45) is 5.92 Å². The quantitative estimate of drug-likeness (QED) is 0.584. The summed E-state index contributed by atoms with van der Waals surface area (Å²) in [5.41, 5.74) is 4.84. The largest absolute Gasteiger partial charge is 0.493 e. The zero-order valence-electron chi connectivity index (χ0n) is 17.2. The molecule has 1 fully saturated rings. The Labute approximate surface area is 169 Å². The monoisotopic (exact) mass is 379 g/mol. The first-order chi connectivity index (χ1) is 13.7. The van der Waals surface area contributed by atoms with E-state index in [9.17, 15) is 4.79 Å². The number of hydrogen-bond donors (Lipinski definition) is 1. The Kier molecular flexibility index (Phi) is 7.53. The number of nitrogens with one attached hydrogen (secondary N) is 1. The van der Waals surface area contributed by atoms with E-state index in [2.05, 4.69) is 54.7 Å². The summed E-state index contributed by atoms with van der Waals surface area (Å²) in [5.74, 6) is 1.85. The molecule has 0 bridgehead atoms. The summed E-state index contributed by atoms with van der Waals surface area (Å²) in [4.78, 5) is 10.7. The fraction of sp³-hybridized carbons (Fsp3) is 0.480. The van der Waals surface area contributed by atoms with Crippen molar-refractivity contribution < 1.29 is 9.53 Å². The molecule has 3 rings (SSSR count). The predicted octanol–water partition coefficient (Wildman–Crippen LogP) is 5.75. The van der Waals surface area contributed by atoms with Crippen molar-refractivity contribution in [3.05, 3.63) is 59.2 Å². The summed E-state index contributed by atoms with van der Waals surface area (Å²) in [6.07, 6.45) is 18.3. The van der Waals surface area contributed by atoms with Crippen molar-refractivity contribution in [3.8, 4) is 5.75 Å². The molecule has 1 N–H and O–H groups in total. The highest BCUT2D eigenvalue weighted by Gasteiger charge is 2.15. The molecule has 2 aliphatic carbocycles. The van der Waals surface area contributed by atoms with Crippen molar-refractivity contribution in [3.63, 3.8) is 0 Å². The lowest BCUT2D eigenvalue weighted by Gasteiger charge is -2.22. The molecule has 3 nitrogen and oxygen atoms in total. The van der Waals surface area contributed by atoms with E-state index in [4.69, 9.17) is 4.74 Å². The first kappa shape index (κ1) is 20.4. The summed E-state index contributed by atoms with van der Waals surface area (Å²) in [5, 5.41) is 2.82. The number of benzene rings is 1. The molecular weight excluding hydrogens is 346 g/mol. The van der Waals surface area contributed by atoms with Crippen molar-refractivity contribution in [2.75, 3.05) is 6.61 Å². The topological polar surface area (TPSA) is 38.3 Å². The summed E-state index contributed by atoms with van der Waals surface area (Å²) in [7, 11) is 0. The van der Waals surface area contributed by atoms with Crippen molar-refractivity contribution in [1.29, 1.82) is 0 Å². The second-order valence-electron chi connectivity index (χ2n) is 8.04. The Morgan fingerprint density at radius 2 is 2.04 bits per heavy atom. The molecule has 1 aromatic rings. The molecule has 0 saturated heterocycles. The van der Waals surface area contributed by atoms with Crippen molar-refractivity contribution in [1.82, 2.24) is 5.32 Å². The molecule has 150 valence electrons. The highest BCUT2D eigenvalue weighted by Crippen LogP contribution is 2.31. The maximum Gasteiger partial charge on any atom is 0.207 e. The van der Waals surface area contributed by atoms with E-state index < -0.39 is 0 Å². The van der Waals surface area contributed by atoms with E-state index in [0.717, 1.165) is 36.7 Å². The summed E-state index contributed by atoms with van der Waals surface area (Å²) >= 11 is 0. The highest BCUT2D eigenvalue weighted by atomic mass is 16.5. The molecule has 0 spiro atoms. The summed E-state index contributed by atoms with van der Waals surface area (Å²) in [6, 6.07) is 6.37. The SMILES string of the molecule is Cc1c(OCCC2CCCCC2)cccc1C1=CC=C([C@@H](C)NC=O)C=CC1. The molecule has 1 aromatic carbocycles. The Morgan fingerprint density at radius 1 is 1.21 bits per heavy atom. The number of hydrogen-bond acceptors (Lipinski definition) is 2. The van der Waals surface area contributed by atoms with Gasteiger partial charge in [-0.2, -0.15) is 0 Å². The van der Waals surface area contributed by atoms with Crippen LogP contribution in [-0.4, -0.2) is 19.1 Å². The third-order valence-corrected chi connectivity index (χ3v) is 6.08. The van der Waals surface area contributed by atoms with E-state index in [1.807, 2.05) is 6.92 Å². The van der Waals surface area contributed by atoms with Gasteiger partial charge in [-0.1, -0.05) is 68.5 Å². The van der Waals surface area contributed by atoms with E-state index in [-0.39, 0.29) is 6.04 Å². The predicted molar refractivity (Wildman–Crippen MR) is 116 cm³/mol. The minimum absolute atomic E-state index is 0.0138. The molecule has 2 aliphatic rings. The van der Waals surface area contributed by atoms with Gasteiger partial charge in [-0.3, -0.25) is 4.79 Å². The van der Waals surface area contributed by atoms with Gasteiger partial charge in [0.25, 0.3) is 0 Å². The van der Waals surface area contributed by atoms with Gasteiger partial charge in [0.15, 0.2) is 0 Å². The minimum Gasteiger partial charge on any atom is -0.493 e. The fourth-order valence-corrected chi connectivity index (χ4v) is 4.26. The van der Waals surface area contributed by atoms with Gasteiger partial charge in [-0.05, 0) is 60.9 Å². The van der Waals surface area contributed by atoms with Gasteiger partial charge in [-0.25, -0.2) is 0 Å². The molecule has 0 aliphatic heterocycles. The second kappa shape index (κ2) is 10.3. The van der Waals surface area contributed by atoms with Crippen LogP contribution < -0.4 is 10.1 Å². The van der Waals surface area contributed by atoms with E-state index >= 15 is 0 Å². The van der Waals surface area contributed by atoms with Gasteiger partial charge in [-0.15, -0.1) is 0 Å². The zero-order valence-corrected chi connectivity index (χ0v) is 17.2. The maximum atomic E-state index is 10.7. The smallest absolute Gasteiger partial charge is 0.207 e. The molecule has 3 heteroatoms. The molecule has 0 aromatic heterocycles. The lowest BCUT2D eigenvalue weighted by Crippen LogP contribution is -2.25. The van der Waals surface area contributed by atoms with Crippen LogP contribution in [0, 0.1) is 12.8 Å². The summed E-state index contributed by atoms with van der Waals surface area (Å²) in [6.45, 7) is 4.96. The number of ether oxygens (including phenoxy) is 1. The van der Waals surface area contributed by atoms with Crippen LogP contribution in [0.3, 0.4) is 0 Å². The number of rotatable bonds is 8. The Hall–Kier alpha value is -2.29. The van der Waals surface area contributed by atoms with Gasteiger partial charge < -0.3 is 10.1 Å². The van der Waals surface area contributed by atoms with Crippen LogP contribution in [-0.2, 0) is 4.79 Å². The number of allylic oxidation sites excluding steroid dienone is 4. The van der Waals surface area contributed by atoms with E-state index in [1.54, 1.807) is 0 Å². The molecule has 0 heterocycles. The van der Waals surface area contributed by atoms with Gasteiger partial charge in [0.1, 0.15) is 5.75 Å². The van der Waals surface area contributed by atoms with Crippen LogP contribution in [0.4, 0.5) is 0 Å². The van der Waals surface area contributed by atoms with Gasteiger partial charge >= 0.3 is 0 Å². The minimum atomic E-state index is 0.0138. The number of carbonyl (C=O) groups is 1. The standard InChI is InChI=1S/C25H33NO2/c1-19-24(23-11-6-10-22(14-15-23)20(2)26-18-27)12-7-13-25(19)28-17-16-21-8-4-3-5-9-21/h6-7,10,12-15,18,20-21H,3-5,8-9,11,16-17H2,1-2H3,(H,26,27)/t20-/m1/s1. The maximum absolute atomic E-state index is 10.7. The van der Waals surface area contributed by atoms with Crippen LogP contribution in [0.5, 0.6) is 5.75 Å². The highest BCUT2D eigenvalue weighted by molar-refractivity contribution is 5.73. The van der Waals surface area contributed by atoms with Crippen LogP contribution in [0.15, 0.2) is 48.1 Å². The first-order valence-electron chi connectivity index (χ1n) is 10.7. The Morgan fingerprint density at radius 3 is 2.82 bits per heavy atom. The van der Waals surface area contributed by atoms with Gasteiger partial charge in [0, 0.05) is 0 Å². The average molecular weight is 380 g/mol. The van der Waals surface area contributed by atoms with Crippen molar-refractivity contribution >= 4 is 12.0 Å². The van der Waals surface area contributed by atoms with E-state index in [0.29, 0.717) is 0 Å². The van der Waals surface area contributed by atoms with Crippen LogP contribution >= 0.6 is 0 Å². The molecule has 1 atom stereocenters. The average Bonchev–Trinajstić information content (AvgIpc) is 2.97. The third kappa shape index (κ3) is 5.37. The fourth-order valence-electron chi connectivity index (χ4n) is 4.26. The number of amides is 1. The zero-order chi connectivity index (χ0) is 19.8. The molecule has 0 radical (unpaired) electrons. The van der Waals surface area contributed by atoms with Gasteiger partial charge in [0.2, 0.25) is 6.41 Å². The van der Waals surface area contributed by atoms with Crippen LogP contribution in [0.25, 0.3) is 5.57 Å². The lowest BCUT2D eigenvalue weighted by atomic mass is 9.87. The first-order valence-corrected chi connectivity index (χ1v) is 10.7. The van der Waals surface area contributed by atoms with Crippen molar-refractivity contribution in [2.45, 2.75) is 64.8 Å². The molecule has 1 saturated carbocycles. The third-order valence-electron chi connectivity index (χ3n) is 6.08.